The maximum Gasteiger partial charge on any atom is 0.128 e. The fourth-order valence-corrected chi connectivity index (χ4v) is 1.17. The lowest BCUT2D eigenvalue weighted by Crippen LogP contribution is -1.96. The van der Waals surface area contributed by atoms with E-state index in [1.54, 1.807) is 6.92 Å². The van der Waals surface area contributed by atoms with E-state index in [0.717, 1.165) is 5.56 Å². The first kappa shape index (κ1) is 9.38. The van der Waals surface area contributed by atoms with Crippen molar-refractivity contribution in [2.75, 3.05) is 0 Å². The van der Waals surface area contributed by atoms with Crippen molar-refractivity contribution in [3.63, 3.8) is 0 Å². The number of aryl methyl sites for hydroxylation is 1. The SMILES string of the molecule is CC(=NO)c1c(O)cc(C)cc1O. The summed E-state index contributed by atoms with van der Waals surface area (Å²) in [4.78, 5) is 0. The highest BCUT2D eigenvalue weighted by atomic mass is 16.4. The van der Waals surface area contributed by atoms with Gasteiger partial charge < -0.3 is 15.4 Å². The van der Waals surface area contributed by atoms with Gasteiger partial charge in [-0.25, -0.2) is 0 Å². The van der Waals surface area contributed by atoms with E-state index in [0.29, 0.717) is 0 Å². The van der Waals surface area contributed by atoms with Crippen LogP contribution in [0.25, 0.3) is 0 Å². The average Bonchev–Trinajstić information content (AvgIpc) is 2.02. The Kier molecular flexibility index (Phi) is 2.41. The molecule has 13 heavy (non-hydrogen) atoms. The van der Waals surface area contributed by atoms with Crippen LogP contribution >= 0.6 is 0 Å². The predicted molar refractivity (Wildman–Crippen MR) is 48.5 cm³/mol. The van der Waals surface area contributed by atoms with Crippen LogP contribution in [0.2, 0.25) is 0 Å². The zero-order valence-electron chi connectivity index (χ0n) is 7.44. The molecule has 0 aromatic heterocycles. The number of rotatable bonds is 1. The third-order valence-electron chi connectivity index (χ3n) is 1.75. The topological polar surface area (TPSA) is 73.1 Å². The van der Waals surface area contributed by atoms with Crippen molar-refractivity contribution in [1.29, 1.82) is 0 Å². The second-order valence-electron chi connectivity index (χ2n) is 2.86. The first-order valence-corrected chi connectivity index (χ1v) is 3.78. The molecule has 0 saturated carbocycles. The second kappa shape index (κ2) is 3.35. The van der Waals surface area contributed by atoms with Gasteiger partial charge in [0, 0.05) is 0 Å². The summed E-state index contributed by atoms with van der Waals surface area (Å²) in [5, 5.41) is 30.2. The Morgan fingerprint density at radius 3 is 2.08 bits per heavy atom. The summed E-state index contributed by atoms with van der Waals surface area (Å²) >= 11 is 0. The summed E-state index contributed by atoms with van der Waals surface area (Å²) in [6.45, 7) is 3.23. The molecule has 0 aliphatic heterocycles. The maximum atomic E-state index is 9.42. The van der Waals surface area contributed by atoms with Gasteiger partial charge in [-0.15, -0.1) is 0 Å². The van der Waals surface area contributed by atoms with Crippen LogP contribution in [0.1, 0.15) is 18.1 Å². The molecule has 0 amide bonds. The van der Waals surface area contributed by atoms with Crippen molar-refractivity contribution >= 4 is 5.71 Å². The van der Waals surface area contributed by atoms with E-state index < -0.39 is 0 Å². The highest BCUT2D eigenvalue weighted by molar-refractivity contribution is 6.03. The quantitative estimate of drug-likeness (QED) is 0.350. The Morgan fingerprint density at radius 1 is 1.23 bits per heavy atom. The van der Waals surface area contributed by atoms with Crippen molar-refractivity contribution in [3.8, 4) is 11.5 Å². The number of phenolic OH excluding ortho intramolecular Hbond substituents is 2. The Balaban J connectivity index is 3.37. The van der Waals surface area contributed by atoms with E-state index >= 15 is 0 Å². The highest BCUT2D eigenvalue weighted by Crippen LogP contribution is 2.28. The van der Waals surface area contributed by atoms with Crippen LogP contribution in [0, 0.1) is 6.92 Å². The van der Waals surface area contributed by atoms with E-state index in [1.165, 1.54) is 19.1 Å². The molecule has 1 rings (SSSR count). The smallest absolute Gasteiger partial charge is 0.128 e. The number of hydrogen-bond donors (Lipinski definition) is 3. The summed E-state index contributed by atoms with van der Waals surface area (Å²) in [5.74, 6) is -0.180. The number of oxime groups is 1. The zero-order valence-corrected chi connectivity index (χ0v) is 7.44. The fourth-order valence-electron chi connectivity index (χ4n) is 1.17. The van der Waals surface area contributed by atoms with Gasteiger partial charge in [0.25, 0.3) is 0 Å². The summed E-state index contributed by atoms with van der Waals surface area (Å²) < 4.78 is 0. The van der Waals surface area contributed by atoms with Crippen molar-refractivity contribution in [2.24, 2.45) is 5.16 Å². The minimum Gasteiger partial charge on any atom is -0.507 e. The average molecular weight is 181 g/mol. The van der Waals surface area contributed by atoms with Crippen LogP contribution < -0.4 is 0 Å². The molecular weight excluding hydrogens is 170 g/mol. The van der Waals surface area contributed by atoms with Crippen molar-refractivity contribution < 1.29 is 15.4 Å². The van der Waals surface area contributed by atoms with Gasteiger partial charge in [-0.3, -0.25) is 0 Å². The van der Waals surface area contributed by atoms with Crippen LogP contribution in [0.5, 0.6) is 11.5 Å². The van der Waals surface area contributed by atoms with Gasteiger partial charge in [0.15, 0.2) is 0 Å². The summed E-state index contributed by atoms with van der Waals surface area (Å²) in [6.07, 6.45) is 0. The van der Waals surface area contributed by atoms with Crippen LogP contribution in [-0.4, -0.2) is 21.1 Å². The fraction of sp³-hybridized carbons (Fsp3) is 0.222. The van der Waals surface area contributed by atoms with Crippen LogP contribution in [-0.2, 0) is 0 Å². The van der Waals surface area contributed by atoms with Gasteiger partial charge in [-0.2, -0.15) is 0 Å². The van der Waals surface area contributed by atoms with Crippen molar-refractivity contribution in [2.45, 2.75) is 13.8 Å². The van der Waals surface area contributed by atoms with Gasteiger partial charge in [0.05, 0.1) is 11.3 Å². The lowest BCUT2D eigenvalue weighted by molar-refractivity contribution is 0.318. The highest BCUT2D eigenvalue weighted by Gasteiger charge is 2.11. The van der Waals surface area contributed by atoms with Crippen LogP contribution in [0.15, 0.2) is 17.3 Å². The number of nitrogens with zero attached hydrogens (tertiary/aromatic N) is 1. The van der Waals surface area contributed by atoms with Crippen molar-refractivity contribution in [1.82, 2.24) is 0 Å². The third kappa shape index (κ3) is 1.72. The molecule has 1 aromatic rings. The zero-order chi connectivity index (χ0) is 10.0. The number of phenols is 2. The first-order valence-electron chi connectivity index (χ1n) is 3.78. The van der Waals surface area contributed by atoms with E-state index in [1.807, 2.05) is 0 Å². The Bertz CT molecular complexity index is 335. The molecule has 4 nitrogen and oxygen atoms in total. The van der Waals surface area contributed by atoms with E-state index in [2.05, 4.69) is 5.16 Å². The molecule has 0 fully saturated rings. The predicted octanol–water partition coefficient (Wildman–Crippen LogP) is 1.60. The van der Waals surface area contributed by atoms with Crippen LogP contribution in [0.3, 0.4) is 0 Å². The maximum absolute atomic E-state index is 9.42. The first-order chi connectivity index (χ1) is 6.06. The Morgan fingerprint density at radius 2 is 1.69 bits per heavy atom. The third-order valence-corrected chi connectivity index (χ3v) is 1.75. The van der Waals surface area contributed by atoms with E-state index in [-0.39, 0.29) is 22.8 Å². The molecule has 0 aliphatic rings. The standard InChI is InChI=1S/C9H11NO3/c1-5-3-7(11)9(6(2)10-13)8(12)4-5/h3-4,11-13H,1-2H3. The summed E-state index contributed by atoms with van der Waals surface area (Å²) in [6, 6.07) is 2.98. The molecule has 0 spiro atoms. The monoisotopic (exact) mass is 181 g/mol. The molecule has 4 heteroatoms. The molecule has 0 heterocycles. The summed E-state index contributed by atoms with van der Waals surface area (Å²) in [5.41, 5.74) is 1.08. The van der Waals surface area contributed by atoms with E-state index in [4.69, 9.17) is 5.21 Å². The van der Waals surface area contributed by atoms with E-state index in [9.17, 15) is 10.2 Å². The Hall–Kier alpha value is -1.71. The molecule has 0 atom stereocenters. The van der Waals surface area contributed by atoms with Crippen LogP contribution in [0.4, 0.5) is 0 Å². The largest absolute Gasteiger partial charge is 0.507 e. The molecule has 0 unspecified atom stereocenters. The molecule has 0 bridgehead atoms. The molecular formula is C9H11NO3. The van der Waals surface area contributed by atoms with Gasteiger partial charge in [-0.05, 0) is 31.5 Å². The molecule has 1 aromatic carbocycles. The summed E-state index contributed by atoms with van der Waals surface area (Å²) in [7, 11) is 0. The number of aromatic hydroxyl groups is 2. The molecule has 0 saturated heterocycles. The molecule has 0 aliphatic carbocycles. The molecule has 70 valence electrons. The molecule has 0 radical (unpaired) electrons. The lowest BCUT2D eigenvalue weighted by atomic mass is 10.1. The number of benzene rings is 1. The van der Waals surface area contributed by atoms with Gasteiger partial charge in [0.2, 0.25) is 0 Å². The van der Waals surface area contributed by atoms with Gasteiger partial charge >= 0.3 is 0 Å². The lowest BCUT2D eigenvalue weighted by Gasteiger charge is -2.06. The minimum atomic E-state index is -0.0900. The normalized spacial score (nSPS) is 11.7. The van der Waals surface area contributed by atoms with Gasteiger partial charge in [-0.1, -0.05) is 5.16 Å². The second-order valence-corrected chi connectivity index (χ2v) is 2.86. The van der Waals surface area contributed by atoms with Crippen molar-refractivity contribution in [3.05, 3.63) is 23.3 Å². The minimum absolute atomic E-state index is 0.0900. The Labute approximate surface area is 75.8 Å². The van der Waals surface area contributed by atoms with Gasteiger partial charge in [0.1, 0.15) is 11.5 Å². The number of hydrogen-bond acceptors (Lipinski definition) is 4. The molecule has 3 N–H and O–H groups in total.